The first-order valence-corrected chi connectivity index (χ1v) is 28.4. The van der Waals surface area contributed by atoms with Crippen molar-refractivity contribution in [1.82, 2.24) is 0 Å². The zero-order chi connectivity index (χ0) is 50.9. The summed E-state index contributed by atoms with van der Waals surface area (Å²) in [5.74, 6) is -1.96. The SMILES string of the molecule is CC1=CC(=O)O[C@H]2C[C@H]3O[C@H]4C[C@@H](C)[C@H]5O[C@H]6C[C@H]7O[C@@]8(C)CC=C[C@H]9O[C@H]%10C[C@H]%11O[C@H](CC(CO)CS(=O)CC(N)C(=O)O)C[C@H](O)[C@]%11(C)O[C@@H]%10C[C@@H]9O[C@@H]8C[C@]7(C)O[C@]6(C)CC[C@@H]5O[C@@H]4C[C@]3(C)O[C@H]12. The minimum Gasteiger partial charge on any atom is -0.480 e. The molecule has 19 heteroatoms. The quantitative estimate of drug-likeness (QED) is 0.201. The van der Waals surface area contributed by atoms with Gasteiger partial charge in [-0.15, -0.1) is 0 Å². The fourth-order valence-corrected chi connectivity index (χ4v) is 16.3. The zero-order valence-corrected chi connectivity index (χ0v) is 43.7. The van der Waals surface area contributed by atoms with Crippen molar-refractivity contribution in [3.63, 3.8) is 0 Å². The van der Waals surface area contributed by atoms with Crippen molar-refractivity contribution in [1.29, 1.82) is 0 Å². The van der Waals surface area contributed by atoms with Gasteiger partial charge < -0.3 is 73.2 Å². The van der Waals surface area contributed by atoms with Gasteiger partial charge in [0.2, 0.25) is 0 Å². The van der Waals surface area contributed by atoms with Gasteiger partial charge in [0.15, 0.2) is 0 Å². The summed E-state index contributed by atoms with van der Waals surface area (Å²) in [6.45, 7) is 14.4. The molecule has 72 heavy (non-hydrogen) atoms. The minimum absolute atomic E-state index is 0.0772. The molecule has 11 rings (SSSR count). The minimum atomic E-state index is -1.55. The lowest BCUT2D eigenvalue weighted by Crippen LogP contribution is -2.70. The summed E-state index contributed by atoms with van der Waals surface area (Å²) < 4.78 is 88.7. The van der Waals surface area contributed by atoms with Crippen LogP contribution in [0.3, 0.4) is 0 Å². The van der Waals surface area contributed by atoms with E-state index in [1.165, 1.54) is 6.08 Å². The number of carboxylic acid groups (broad SMARTS) is 1. The molecule has 18 nitrogen and oxygen atoms in total. The molecule has 0 spiro atoms. The van der Waals surface area contributed by atoms with E-state index in [1.807, 2.05) is 13.8 Å². The Balaban J connectivity index is 0.740. The van der Waals surface area contributed by atoms with E-state index in [9.17, 15) is 24.0 Å². The third kappa shape index (κ3) is 9.44. The van der Waals surface area contributed by atoms with Crippen LogP contribution in [0.2, 0.25) is 0 Å². The number of aliphatic hydroxyl groups excluding tert-OH is 2. The molecule has 3 unspecified atom stereocenters. The Hall–Kier alpha value is -1.95. The second-order valence-corrected chi connectivity index (χ2v) is 26.3. The smallest absolute Gasteiger partial charge is 0.331 e. The molecule has 11 heterocycles. The number of carboxylic acids is 1. The van der Waals surface area contributed by atoms with Crippen LogP contribution in [0.25, 0.3) is 0 Å². The molecule has 9 saturated heterocycles. The largest absolute Gasteiger partial charge is 0.480 e. The number of carbonyl (C=O) groups is 2. The Bertz CT molecular complexity index is 2170. The molecule has 0 aromatic rings. The summed E-state index contributed by atoms with van der Waals surface area (Å²) in [5, 5.41) is 31.0. The number of hydrogen-bond donors (Lipinski definition) is 4. The second kappa shape index (κ2) is 19.2. The van der Waals surface area contributed by atoms with Crippen molar-refractivity contribution in [2.75, 3.05) is 18.1 Å². The van der Waals surface area contributed by atoms with E-state index in [2.05, 4.69) is 46.8 Å². The van der Waals surface area contributed by atoms with Gasteiger partial charge in [-0.25, -0.2) is 4.79 Å². The van der Waals surface area contributed by atoms with Crippen LogP contribution in [-0.2, 0) is 72.5 Å². The van der Waals surface area contributed by atoms with E-state index >= 15 is 0 Å². The van der Waals surface area contributed by atoms with Crippen LogP contribution in [0.4, 0.5) is 0 Å². The average Bonchev–Trinajstić information content (AvgIpc) is 3.51. The molecule has 0 aromatic heterocycles. The highest BCUT2D eigenvalue weighted by molar-refractivity contribution is 7.85. The Morgan fingerprint density at radius 2 is 1.51 bits per heavy atom. The first-order valence-electron chi connectivity index (χ1n) is 26.9. The Morgan fingerprint density at radius 3 is 2.29 bits per heavy atom. The summed E-state index contributed by atoms with van der Waals surface area (Å²) in [6.07, 6.45) is 7.32. The lowest BCUT2D eigenvalue weighted by molar-refractivity contribution is -0.356. The molecule has 0 radical (unpaired) electrons. The summed E-state index contributed by atoms with van der Waals surface area (Å²) in [5.41, 5.74) is 2.93. The molecule has 0 aliphatic carbocycles. The predicted molar refractivity (Wildman–Crippen MR) is 257 cm³/mol. The molecule has 26 atom stereocenters. The molecular weight excluding hydrogens is 955 g/mol. The van der Waals surface area contributed by atoms with Crippen molar-refractivity contribution >= 4 is 22.7 Å². The van der Waals surface area contributed by atoms with Gasteiger partial charge in [-0.1, -0.05) is 19.1 Å². The van der Waals surface area contributed by atoms with Crippen molar-refractivity contribution in [2.24, 2.45) is 17.6 Å². The standard InChI is InChI=1S/C53H79NO17S/c1-26-13-33-38(21-51(5)40(64-33)19-37-47(70-51)27(2)14-45(57)66-37)63-32-10-12-50(4)41(67-46(26)32)20-42-52(6,71-50)22-44-49(3,69-42)11-8-9-31-34(65-44)17-36-35(62-31)18-43-53(7,68-36)39(56)16-29(61-43)15-28(23-55)24-72(60)25-30(54)48(58)59/h8-9,14,26,28-44,46-47,55-56H,10-13,15-25,54H2,1-7H3,(H,58,59)/t26-,28?,29-,30?,31-,32+,33+,34+,35+,36-,37+,38-,39+,40-,41+,42-,43-,44-,46-,47-,49+,50-,51+,52+,53+,72?/m1/s1. The highest BCUT2D eigenvalue weighted by Crippen LogP contribution is 2.55. The average molecular weight is 1030 g/mol. The molecule has 0 bridgehead atoms. The predicted octanol–water partition coefficient (Wildman–Crippen LogP) is 3.49. The number of carbonyl (C=O) groups excluding carboxylic acids is 1. The van der Waals surface area contributed by atoms with Gasteiger partial charge in [-0.05, 0) is 91.1 Å². The Morgan fingerprint density at radius 1 is 0.764 bits per heavy atom. The third-order valence-electron chi connectivity index (χ3n) is 19.1. The second-order valence-electron chi connectivity index (χ2n) is 24.7. The van der Waals surface area contributed by atoms with Crippen LogP contribution in [0, 0.1) is 11.8 Å². The number of hydrogen-bond acceptors (Lipinski definition) is 17. The van der Waals surface area contributed by atoms with Crippen LogP contribution in [0.1, 0.15) is 126 Å². The highest BCUT2D eigenvalue weighted by Gasteiger charge is 2.64. The number of ether oxygens (including phenoxy) is 11. The molecule has 0 aromatic carbocycles. The summed E-state index contributed by atoms with van der Waals surface area (Å²) in [6, 6.07) is -1.25. The summed E-state index contributed by atoms with van der Waals surface area (Å²) in [7, 11) is -1.55. The van der Waals surface area contributed by atoms with Gasteiger partial charge in [0.1, 0.15) is 30.0 Å². The fourth-order valence-electron chi connectivity index (χ4n) is 14.8. The summed E-state index contributed by atoms with van der Waals surface area (Å²) >= 11 is 0. The molecule has 0 saturated carbocycles. The van der Waals surface area contributed by atoms with Crippen molar-refractivity contribution < 1.29 is 81.2 Å². The number of fused-ring (bicyclic) bond motifs is 10. The maximum absolute atomic E-state index is 12.7. The van der Waals surface area contributed by atoms with Crippen LogP contribution in [0.5, 0.6) is 0 Å². The van der Waals surface area contributed by atoms with E-state index in [0.717, 1.165) is 24.8 Å². The van der Waals surface area contributed by atoms with Gasteiger partial charge in [-0.2, -0.15) is 0 Å². The van der Waals surface area contributed by atoms with E-state index < -0.39 is 75.0 Å². The van der Waals surface area contributed by atoms with Gasteiger partial charge in [0.25, 0.3) is 0 Å². The van der Waals surface area contributed by atoms with Crippen LogP contribution in [-0.4, -0.2) is 187 Å². The number of aliphatic hydroxyl groups is 2. The topological polar surface area (TPSA) is 239 Å². The van der Waals surface area contributed by atoms with Crippen LogP contribution in [0.15, 0.2) is 23.8 Å². The van der Waals surface area contributed by atoms with Crippen molar-refractivity contribution in [3.05, 3.63) is 23.8 Å². The number of aliphatic carboxylic acids is 1. The lowest BCUT2D eigenvalue weighted by Gasteiger charge is -2.60. The first kappa shape index (κ1) is 52.1. The molecular formula is C53H79NO17S. The Labute approximate surface area is 425 Å². The van der Waals surface area contributed by atoms with Gasteiger partial charge >= 0.3 is 11.9 Å². The van der Waals surface area contributed by atoms with E-state index in [-0.39, 0.29) is 122 Å². The molecule has 404 valence electrons. The third-order valence-corrected chi connectivity index (χ3v) is 20.6. The molecule has 9 fully saturated rings. The molecule has 11 aliphatic rings. The van der Waals surface area contributed by atoms with Crippen molar-refractivity contribution in [3.8, 4) is 0 Å². The number of esters is 1. The van der Waals surface area contributed by atoms with Gasteiger partial charge in [0, 0.05) is 79.9 Å². The summed E-state index contributed by atoms with van der Waals surface area (Å²) in [4.78, 5) is 23.5. The van der Waals surface area contributed by atoms with Crippen LogP contribution < -0.4 is 5.73 Å². The van der Waals surface area contributed by atoms with Gasteiger partial charge in [-0.3, -0.25) is 9.00 Å². The number of rotatable bonds is 8. The molecule has 11 aliphatic heterocycles. The van der Waals surface area contributed by atoms with Crippen LogP contribution >= 0.6 is 0 Å². The van der Waals surface area contributed by atoms with Crippen molar-refractivity contribution in [2.45, 2.75) is 263 Å². The zero-order valence-electron chi connectivity index (χ0n) is 42.9. The Kier molecular flexibility index (Phi) is 13.9. The van der Waals surface area contributed by atoms with E-state index in [4.69, 9.17) is 62.9 Å². The van der Waals surface area contributed by atoms with E-state index in [0.29, 0.717) is 51.4 Å². The van der Waals surface area contributed by atoms with E-state index in [1.54, 1.807) is 0 Å². The maximum Gasteiger partial charge on any atom is 0.331 e. The normalized spacial score (nSPS) is 52.9. The molecule has 5 N–H and O–H groups in total. The van der Waals surface area contributed by atoms with Gasteiger partial charge in [0.05, 0.1) is 108 Å². The maximum atomic E-state index is 12.7. The lowest BCUT2D eigenvalue weighted by atomic mass is 9.72. The monoisotopic (exact) mass is 1030 g/mol. The number of nitrogens with two attached hydrogens (primary N) is 1. The molecule has 0 amide bonds. The first-order chi connectivity index (χ1) is 34.1. The highest BCUT2D eigenvalue weighted by atomic mass is 32.2. The fraction of sp³-hybridized carbons (Fsp3) is 0.887.